The third-order valence-electron chi connectivity index (χ3n) is 6.83. The second-order valence-electron chi connectivity index (χ2n) is 10.3. The first kappa shape index (κ1) is 48.9. The van der Waals surface area contributed by atoms with Crippen LogP contribution < -0.4 is 0 Å². The number of halogens is 27. The van der Waals surface area contributed by atoms with E-state index in [0.717, 1.165) is 0 Å². The van der Waals surface area contributed by atoms with E-state index in [1.165, 1.54) is 0 Å². The van der Waals surface area contributed by atoms with Gasteiger partial charge in [0.05, 0.1) is 0 Å². The molecule has 0 aliphatic carbocycles. The molecule has 0 aliphatic rings. The topological polar surface area (TPSA) is 9.23 Å². The summed E-state index contributed by atoms with van der Waals surface area (Å²) in [5.41, 5.74) is 0. The molecular formula is C21H19F27OSn. The molecule has 0 bridgehead atoms. The van der Waals surface area contributed by atoms with Gasteiger partial charge in [-0.15, -0.1) is 0 Å². The van der Waals surface area contributed by atoms with Gasteiger partial charge in [0.25, 0.3) is 0 Å². The molecule has 50 heavy (non-hydrogen) atoms. The average Bonchev–Trinajstić information content (AvgIpc) is 2.89. The number of rotatable bonds is 18. The Hall–Kier alpha value is -1.13. The summed E-state index contributed by atoms with van der Waals surface area (Å²) < 4.78 is 347. The molecule has 0 radical (unpaired) electrons. The Bertz CT molecular complexity index is 994. The summed E-state index contributed by atoms with van der Waals surface area (Å²) in [6.45, 7) is -1.57. The first-order valence-corrected chi connectivity index (χ1v) is 18.2. The van der Waals surface area contributed by atoms with Crippen LogP contribution in [0.15, 0.2) is 0 Å². The van der Waals surface area contributed by atoms with Crippen molar-refractivity contribution in [3.05, 3.63) is 0 Å². The van der Waals surface area contributed by atoms with Crippen molar-refractivity contribution in [2.75, 3.05) is 6.61 Å². The maximum absolute atomic E-state index is 15.2. The Morgan fingerprint density at radius 3 is 0.760 bits per heavy atom. The van der Waals surface area contributed by atoms with Crippen LogP contribution in [0.25, 0.3) is 0 Å². The molecule has 0 aromatic heterocycles. The van der Waals surface area contributed by atoms with E-state index in [1.807, 2.05) is 0 Å². The first-order valence-electron chi connectivity index (χ1n) is 12.8. The summed E-state index contributed by atoms with van der Waals surface area (Å²) in [5, 5.41) is 0. The van der Waals surface area contributed by atoms with Gasteiger partial charge in [0.2, 0.25) is 0 Å². The van der Waals surface area contributed by atoms with Crippen LogP contribution in [-0.4, -0.2) is 91.3 Å². The van der Waals surface area contributed by atoms with Crippen molar-refractivity contribution in [3.63, 3.8) is 0 Å². The number of alkyl halides is 27. The van der Waals surface area contributed by atoms with Crippen molar-refractivity contribution in [3.8, 4) is 0 Å². The molecule has 0 rings (SSSR count). The monoisotopic (exact) mass is 920 g/mol. The second-order valence-corrected chi connectivity index (χ2v) is 20.4. The Kier molecular flexibility index (Phi) is 13.9. The Morgan fingerprint density at radius 1 is 0.320 bits per heavy atom. The summed E-state index contributed by atoms with van der Waals surface area (Å²) in [6.07, 6.45) is -27.9. The van der Waals surface area contributed by atoms with E-state index < -0.39 is 111 Å². The summed E-state index contributed by atoms with van der Waals surface area (Å²) >= 11 is -13.5. The van der Waals surface area contributed by atoms with Crippen LogP contribution in [0.3, 0.4) is 0 Å². The molecular weight excluding hydrogens is 900 g/mol. The van der Waals surface area contributed by atoms with Crippen molar-refractivity contribution >= 4 is 18.8 Å². The predicted octanol–water partition coefficient (Wildman–Crippen LogP) is 11.7. The molecule has 0 aliphatic heterocycles. The van der Waals surface area contributed by atoms with Crippen LogP contribution in [0, 0.1) is 0 Å². The third-order valence-corrected chi connectivity index (χ3v) is 18.9. The van der Waals surface area contributed by atoms with Crippen LogP contribution in [0.5, 0.6) is 0 Å². The summed E-state index contributed by atoms with van der Waals surface area (Å²) in [4.78, 5) is 0. The van der Waals surface area contributed by atoms with Gasteiger partial charge < -0.3 is 0 Å². The summed E-state index contributed by atoms with van der Waals surface area (Å²) in [7, 11) is 0. The fourth-order valence-electron chi connectivity index (χ4n) is 3.94. The van der Waals surface area contributed by atoms with Crippen LogP contribution in [0.4, 0.5) is 119 Å². The van der Waals surface area contributed by atoms with Crippen molar-refractivity contribution in [1.82, 2.24) is 0 Å². The molecule has 0 aromatic rings. The van der Waals surface area contributed by atoms with E-state index in [0.29, 0.717) is 12.8 Å². The maximum atomic E-state index is 15.2. The third kappa shape index (κ3) is 7.10. The quantitative estimate of drug-likeness (QED) is 0.0756. The van der Waals surface area contributed by atoms with E-state index in [1.54, 1.807) is 6.92 Å². The predicted molar refractivity (Wildman–Crippen MR) is 112 cm³/mol. The zero-order chi connectivity index (χ0) is 40.9. The van der Waals surface area contributed by atoms with Gasteiger partial charge in [0, 0.05) is 0 Å². The van der Waals surface area contributed by atoms with E-state index >= 15 is 26.3 Å². The fraction of sp³-hybridized carbons (Fsp3) is 1.00. The van der Waals surface area contributed by atoms with Crippen molar-refractivity contribution in [2.45, 2.75) is 118 Å². The van der Waals surface area contributed by atoms with Gasteiger partial charge in [-0.05, 0) is 0 Å². The van der Waals surface area contributed by atoms with Gasteiger partial charge in [-0.3, -0.25) is 0 Å². The minimum absolute atomic E-state index is 0.119. The van der Waals surface area contributed by atoms with Gasteiger partial charge in [-0.1, -0.05) is 0 Å². The molecule has 0 heterocycles. The molecule has 0 atom stereocenters. The second kappa shape index (κ2) is 14.3. The molecule has 0 unspecified atom stereocenters. The van der Waals surface area contributed by atoms with E-state index in [4.69, 9.17) is 0 Å². The summed E-state index contributed by atoms with van der Waals surface area (Å²) in [5.74, 6) is -55.5. The summed E-state index contributed by atoms with van der Waals surface area (Å²) in [6, 6.07) is 0. The Balaban J connectivity index is 8.68. The molecule has 0 saturated heterocycles. The van der Waals surface area contributed by atoms with Gasteiger partial charge in [0.1, 0.15) is 0 Å². The average molecular weight is 919 g/mol. The van der Waals surface area contributed by atoms with Crippen LogP contribution >= 0.6 is 0 Å². The van der Waals surface area contributed by atoms with Crippen molar-refractivity contribution in [1.29, 1.82) is 0 Å². The Morgan fingerprint density at radius 2 is 0.540 bits per heavy atom. The minimum atomic E-state index is -13.5. The first-order chi connectivity index (χ1) is 21.6. The van der Waals surface area contributed by atoms with Gasteiger partial charge in [0.15, 0.2) is 0 Å². The number of hydrogen-bond acceptors (Lipinski definition) is 1. The van der Waals surface area contributed by atoms with Crippen molar-refractivity contribution < 1.29 is 122 Å². The van der Waals surface area contributed by atoms with Gasteiger partial charge in [-0.25, -0.2) is 0 Å². The normalized spacial score (nSPS) is 16.3. The van der Waals surface area contributed by atoms with Crippen LogP contribution in [-0.2, 0) is 3.07 Å². The molecule has 302 valence electrons. The molecule has 0 aromatic carbocycles. The van der Waals surface area contributed by atoms with Crippen LogP contribution in [0.1, 0.15) is 51.9 Å². The van der Waals surface area contributed by atoms with Gasteiger partial charge >= 0.3 is 265 Å². The van der Waals surface area contributed by atoms with E-state index in [2.05, 4.69) is 3.07 Å². The molecule has 0 N–H and O–H groups in total. The molecule has 0 saturated carbocycles. The molecule has 0 fully saturated rings. The fourth-order valence-corrected chi connectivity index (χ4v) is 15.3. The zero-order valence-electron chi connectivity index (χ0n) is 23.8. The van der Waals surface area contributed by atoms with Crippen LogP contribution in [0.2, 0.25) is 0 Å². The van der Waals surface area contributed by atoms with E-state index in [-0.39, 0.29) is 12.8 Å². The molecule has 0 spiro atoms. The number of hydrogen-bond donors (Lipinski definition) is 0. The molecule has 0 amide bonds. The number of unbranched alkanes of at least 4 members (excludes halogenated alkanes) is 6. The van der Waals surface area contributed by atoms with Gasteiger partial charge in [-0.2, -0.15) is 0 Å². The zero-order valence-corrected chi connectivity index (χ0v) is 26.6. The van der Waals surface area contributed by atoms with E-state index in [9.17, 15) is 92.2 Å². The van der Waals surface area contributed by atoms with Crippen molar-refractivity contribution in [2.24, 2.45) is 0 Å². The molecule has 1 nitrogen and oxygen atoms in total. The Labute approximate surface area is 265 Å². The standard InChI is InChI=1S/C9H19O.3C4F9.Sn/c1-2-3-4-5-6-7-8-9-10;3*5-1(6)2(7,8)3(9,10)4(11,12)13;/h2-9H2,1H3;;;;/q-1;;;;+1. The SMILES string of the molecule is CCCCCCCCC[O][Sn]([C](F)(F)C(F)(F)C(F)(F)C(F)(F)F)([C](F)(F)C(F)(F)C(F)(F)C(F)(F)F)[C](F)(F)C(F)(F)C(F)(F)C(F)(F)F. The molecule has 29 heteroatoms.